The Morgan fingerprint density at radius 1 is 0.786 bits per heavy atom. The Labute approximate surface area is 85.8 Å². The van der Waals surface area contributed by atoms with E-state index in [4.69, 9.17) is 9.47 Å². The van der Waals surface area contributed by atoms with Gasteiger partial charge in [-0.25, -0.2) is 0 Å². The first-order chi connectivity index (χ1) is 6.54. The Morgan fingerprint density at radius 2 is 1.21 bits per heavy atom. The zero-order chi connectivity index (χ0) is 10.9. The second-order valence-corrected chi connectivity index (χ2v) is 3.42. The number of hydrogen-bond donors (Lipinski definition) is 0. The van der Waals surface area contributed by atoms with Crippen molar-refractivity contribution in [1.82, 2.24) is 0 Å². The average molecular weight is 193 g/mol. The fourth-order valence-electron chi connectivity index (χ4n) is 1.74. The molecule has 0 atom stereocenters. The molecule has 2 heteroatoms. The maximum Gasteiger partial charge on any atom is 0.125 e. The fraction of sp³-hybridized carbons (Fsp3) is 0.417. The monoisotopic (exact) mass is 193 g/mol. The summed E-state index contributed by atoms with van der Waals surface area (Å²) in [5.41, 5.74) is 4.18. The van der Waals surface area contributed by atoms with Crippen LogP contribution in [-0.2, 0) is 0 Å². The van der Waals surface area contributed by atoms with Gasteiger partial charge in [-0.15, -0.1) is 0 Å². The molecule has 14 heavy (non-hydrogen) atoms. The fourth-order valence-corrected chi connectivity index (χ4v) is 1.74. The van der Waals surface area contributed by atoms with Crippen molar-refractivity contribution in [1.29, 1.82) is 0 Å². The molecular formula is C12H17O2. The molecule has 0 aliphatic heterocycles. The Balaban J connectivity index is 3.55. The second kappa shape index (κ2) is 3.91. The van der Waals surface area contributed by atoms with Gasteiger partial charge in [0.15, 0.2) is 0 Å². The lowest BCUT2D eigenvalue weighted by molar-refractivity contribution is 0.393. The van der Waals surface area contributed by atoms with Crippen molar-refractivity contribution in [3.63, 3.8) is 0 Å². The molecule has 2 nitrogen and oxygen atoms in total. The van der Waals surface area contributed by atoms with Crippen molar-refractivity contribution in [3.8, 4) is 11.5 Å². The summed E-state index contributed by atoms with van der Waals surface area (Å²) in [5.74, 6) is 1.77. The van der Waals surface area contributed by atoms with Gasteiger partial charge in [0.05, 0.1) is 14.2 Å². The molecule has 1 radical (unpaired) electrons. The predicted octanol–water partition coefficient (Wildman–Crippen LogP) is 2.81. The van der Waals surface area contributed by atoms with Gasteiger partial charge in [0.25, 0.3) is 0 Å². The number of benzene rings is 1. The standard InChI is InChI=1S/C12H17O2/c1-7-8(2)12(14-6)10(4)9(3)11(7)13-5/h1H2,2-6H3. The third-order valence-electron chi connectivity index (χ3n) is 2.72. The van der Waals surface area contributed by atoms with Crippen molar-refractivity contribution in [2.24, 2.45) is 0 Å². The number of rotatable bonds is 2. The minimum Gasteiger partial charge on any atom is -0.496 e. The molecule has 77 valence electrons. The molecule has 0 unspecified atom stereocenters. The maximum absolute atomic E-state index is 5.34. The molecule has 0 saturated carbocycles. The van der Waals surface area contributed by atoms with Crippen LogP contribution in [0.15, 0.2) is 0 Å². The predicted molar refractivity (Wildman–Crippen MR) is 58.2 cm³/mol. The summed E-state index contributed by atoms with van der Waals surface area (Å²) < 4.78 is 10.7. The Hall–Kier alpha value is -1.18. The molecule has 0 aromatic heterocycles. The highest BCUT2D eigenvalue weighted by Gasteiger charge is 2.15. The lowest BCUT2D eigenvalue weighted by atomic mass is 9.98. The van der Waals surface area contributed by atoms with Gasteiger partial charge in [-0.3, -0.25) is 0 Å². The molecule has 0 aliphatic rings. The van der Waals surface area contributed by atoms with Crippen LogP contribution in [0, 0.1) is 27.7 Å². The van der Waals surface area contributed by atoms with E-state index in [1.807, 2.05) is 20.8 Å². The molecule has 0 fully saturated rings. The first-order valence-corrected chi connectivity index (χ1v) is 4.58. The largest absolute Gasteiger partial charge is 0.496 e. The molecule has 0 saturated heterocycles. The van der Waals surface area contributed by atoms with E-state index in [1.165, 1.54) is 0 Å². The van der Waals surface area contributed by atoms with Crippen LogP contribution in [0.2, 0.25) is 0 Å². The minimum absolute atomic E-state index is 0.862. The number of methoxy groups -OCH3 is 2. The number of hydrogen-bond acceptors (Lipinski definition) is 2. The van der Waals surface area contributed by atoms with E-state index in [0.717, 1.165) is 33.8 Å². The molecule has 0 N–H and O–H groups in total. The summed E-state index contributed by atoms with van der Waals surface area (Å²) in [5, 5.41) is 0. The molecule has 1 rings (SSSR count). The molecule has 1 aromatic carbocycles. The van der Waals surface area contributed by atoms with Crippen molar-refractivity contribution >= 4 is 0 Å². The van der Waals surface area contributed by atoms with Crippen LogP contribution in [0.1, 0.15) is 22.3 Å². The van der Waals surface area contributed by atoms with Crippen LogP contribution in [0.4, 0.5) is 0 Å². The summed E-state index contributed by atoms with van der Waals surface area (Å²) in [6, 6.07) is 0. The lowest BCUT2D eigenvalue weighted by Crippen LogP contribution is -2.00. The second-order valence-electron chi connectivity index (χ2n) is 3.42. The van der Waals surface area contributed by atoms with E-state index in [1.54, 1.807) is 14.2 Å². The van der Waals surface area contributed by atoms with Gasteiger partial charge in [0.2, 0.25) is 0 Å². The van der Waals surface area contributed by atoms with Gasteiger partial charge in [0, 0.05) is 5.56 Å². The van der Waals surface area contributed by atoms with Crippen LogP contribution in [0.5, 0.6) is 11.5 Å². The highest BCUT2D eigenvalue weighted by molar-refractivity contribution is 5.58. The summed E-state index contributed by atoms with van der Waals surface area (Å²) in [4.78, 5) is 0. The third kappa shape index (κ3) is 1.45. The van der Waals surface area contributed by atoms with Crippen molar-refractivity contribution in [2.75, 3.05) is 14.2 Å². The van der Waals surface area contributed by atoms with Crippen LogP contribution in [0.25, 0.3) is 0 Å². The summed E-state index contributed by atoms with van der Waals surface area (Å²) in [6.45, 7) is 10.0. The summed E-state index contributed by atoms with van der Waals surface area (Å²) in [6.07, 6.45) is 0. The van der Waals surface area contributed by atoms with Gasteiger partial charge in [-0.05, 0) is 44.4 Å². The smallest absolute Gasteiger partial charge is 0.125 e. The summed E-state index contributed by atoms with van der Waals surface area (Å²) >= 11 is 0. The van der Waals surface area contributed by atoms with E-state index in [9.17, 15) is 0 Å². The van der Waals surface area contributed by atoms with Crippen molar-refractivity contribution < 1.29 is 9.47 Å². The topological polar surface area (TPSA) is 18.5 Å². The van der Waals surface area contributed by atoms with Crippen LogP contribution in [-0.4, -0.2) is 14.2 Å². The highest BCUT2D eigenvalue weighted by Crippen LogP contribution is 2.36. The third-order valence-corrected chi connectivity index (χ3v) is 2.72. The van der Waals surface area contributed by atoms with Crippen LogP contribution in [0.3, 0.4) is 0 Å². The first-order valence-electron chi connectivity index (χ1n) is 4.58. The quantitative estimate of drug-likeness (QED) is 0.719. The summed E-state index contributed by atoms with van der Waals surface area (Å²) in [7, 11) is 3.35. The van der Waals surface area contributed by atoms with Crippen molar-refractivity contribution in [2.45, 2.75) is 20.8 Å². The molecule has 0 spiro atoms. The first kappa shape index (κ1) is 10.9. The Kier molecular flexibility index (Phi) is 3.04. The lowest BCUT2D eigenvalue weighted by Gasteiger charge is -2.18. The van der Waals surface area contributed by atoms with Crippen LogP contribution < -0.4 is 9.47 Å². The Bertz CT molecular complexity index is 290. The molecular weight excluding hydrogens is 176 g/mol. The molecule has 0 bridgehead atoms. The Morgan fingerprint density at radius 3 is 1.64 bits per heavy atom. The van der Waals surface area contributed by atoms with Crippen LogP contribution >= 0.6 is 0 Å². The van der Waals surface area contributed by atoms with E-state index in [0.29, 0.717) is 0 Å². The van der Waals surface area contributed by atoms with Gasteiger partial charge in [-0.2, -0.15) is 0 Å². The van der Waals surface area contributed by atoms with Crippen molar-refractivity contribution in [3.05, 3.63) is 29.2 Å². The van der Waals surface area contributed by atoms with Gasteiger partial charge in [-0.1, -0.05) is 0 Å². The molecule has 1 aromatic rings. The normalized spacial score (nSPS) is 10.1. The van der Waals surface area contributed by atoms with Gasteiger partial charge >= 0.3 is 0 Å². The SMILES string of the molecule is [CH2]c1c(C)c(OC)c(C)c(C)c1OC. The molecule has 0 aliphatic carbocycles. The molecule has 0 amide bonds. The average Bonchev–Trinajstić information content (AvgIpc) is 2.17. The highest BCUT2D eigenvalue weighted by atomic mass is 16.5. The van der Waals surface area contributed by atoms with E-state index >= 15 is 0 Å². The maximum atomic E-state index is 5.34. The molecule has 0 heterocycles. The zero-order valence-electron chi connectivity index (χ0n) is 9.52. The number of ether oxygens (including phenoxy) is 2. The van der Waals surface area contributed by atoms with E-state index in [2.05, 4.69) is 6.92 Å². The zero-order valence-corrected chi connectivity index (χ0v) is 9.52. The van der Waals surface area contributed by atoms with E-state index in [-0.39, 0.29) is 0 Å². The van der Waals surface area contributed by atoms with E-state index < -0.39 is 0 Å². The minimum atomic E-state index is 0.862. The van der Waals surface area contributed by atoms with Gasteiger partial charge in [0.1, 0.15) is 11.5 Å². The van der Waals surface area contributed by atoms with Gasteiger partial charge < -0.3 is 9.47 Å².